The van der Waals surface area contributed by atoms with Gasteiger partial charge in [0.25, 0.3) is 11.8 Å². The van der Waals surface area contributed by atoms with Crippen molar-refractivity contribution in [2.24, 2.45) is 0 Å². The SMILES string of the molecule is CC(OC(=O)NC(=O)c1ccsc1NC(=O)C1Nc2ccccc2S1)C(F)(F)F. The first-order valence-corrected chi connectivity index (χ1v) is 9.90. The van der Waals surface area contributed by atoms with E-state index < -0.39 is 35.6 Å². The summed E-state index contributed by atoms with van der Waals surface area (Å²) in [5.74, 6) is -1.41. The number of benzene rings is 1. The largest absolute Gasteiger partial charge is 0.437 e. The van der Waals surface area contributed by atoms with Crippen LogP contribution in [0.3, 0.4) is 0 Å². The highest BCUT2D eigenvalue weighted by molar-refractivity contribution is 8.01. The van der Waals surface area contributed by atoms with Crippen molar-refractivity contribution in [2.45, 2.75) is 29.5 Å². The van der Waals surface area contributed by atoms with Gasteiger partial charge < -0.3 is 15.4 Å². The molecule has 2 aromatic rings. The standard InChI is InChI=1S/C17H14F3N3O4S2/c1-8(17(18,19)20)27-16(26)23-12(24)9-6-7-28-14(9)22-13(25)15-21-10-4-2-3-5-11(10)29-15/h2-8,15,21H,1H3,(H,22,25)(H,23,24,26). The molecule has 0 spiro atoms. The number of carbonyl (C=O) groups excluding carboxylic acids is 3. The van der Waals surface area contributed by atoms with Gasteiger partial charge >= 0.3 is 12.3 Å². The van der Waals surface area contributed by atoms with Crippen LogP contribution < -0.4 is 16.0 Å². The Morgan fingerprint density at radius 3 is 2.62 bits per heavy atom. The number of amides is 3. The van der Waals surface area contributed by atoms with Gasteiger partial charge in [-0.15, -0.1) is 11.3 Å². The van der Waals surface area contributed by atoms with Crippen molar-refractivity contribution in [3.63, 3.8) is 0 Å². The number of alkyl carbamates (subject to hydrolysis) is 1. The van der Waals surface area contributed by atoms with E-state index >= 15 is 0 Å². The van der Waals surface area contributed by atoms with Gasteiger partial charge in [0.2, 0.25) is 0 Å². The molecule has 2 unspecified atom stereocenters. The Labute approximate surface area is 171 Å². The maximum atomic E-state index is 12.5. The fraction of sp³-hybridized carbons (Fsp3) is 0.235. The Bertz CT molecular complexity index is 923. The number of rotatable bonds is 4. The average molecular weight is 445 g/mol. The smallest absolute Gasteiger partial charge is 0.425 e. The van der Waals surface area contributed by atoms with E-state index in [0.29, 0.717) is 6.92 Å². The van der Waals surface area contributed by atoms with Crippen molar-refractivity contribution >= 4 is 51.7 Å². The highest BCUT2D eigenvalue weighted by atomic mass is 32.2. The van der Waals surface area contributed by atoms with E-state index in [-0.39, 0.29) is 10.6 Å². The topological polar surface area (TPSA) is 96.5 Å². The van der Waals surface area contributed by atoms with Crippen molar-refractivity contribution in [1.82, 2.24) is 5.32 Å². The van der Waals surface area contributed by atoms with Gasteiger partial charge in [0, 0.05) is 10.6 Å². The molecule has 7 nitrogen and oxygen atoms in total. The first-order valence-electron chi connectivity index (χ1n) is 8.14. The Hall–Kier alpha value is -2.73. The van der Waals surface area contributed by atoms with Gasteiger partial charge in [-0.3, -0.25) is 14.9 Å². The van der Waals surface area contributed by atoms with Crippen molar-refractivity contribution in [2.75, 3.05) is 10.6 Å². The number of anilines is 2. The maximum Gasteiger partial charge on any atom is 0.425 e. The van der Waals surface area contributed by atoms with Crippen LogP contribution in [0.2, 0.25) is 0 Å². The molecule has 29 heavy (non-hydrogen) atoms. The minimum Gasteiger partial charge on any atom is -0.437 e. The summed E-state index contributed by atoms with van der Waals surface area (Å²) < 4.78 is 41.4. The molecule has 12 heteroatoms. The van der Waals surface area contributed by atoms with Crippen LogP contribution >= 0.6 is 23.1 Å². The number of nitrogens with one attached hydrogen (secondary N) is 3. The van der Waals surface area contributed by atoms with Gasteiger partial charge in [0.1, 0.15) is 5.00 Å². The monoisotopic (exact) mass is 445 g/mol. The Morgan fingerprint density at radius 2 is 1.93 bits per heavy atom. The summed E-state index contributed by atoms with van der Waals surface area (Å²) in [7, 11) is 0. The predicted octanol–water partition coefficient (Wildman–Crippen LogP) is 4.05. The van der Waals surface area contributed by atoms with Gasteiger partial charge in [-0.2, -0.15) is 13.2 Å². The molecule has 3 amide bonds. The molecule has 3 N–H and O–H groups in total. The number of thiophene rings is 1. The molecule has 1 aliphatic heterocycles. The predicted molar refractivity (Wildman–Crippen MR) is 102 cm³/mol. The fourth-order valence-corrected chi connectivity index (χ4v) is 4.09. The number of halogens is 3. The molecule has 3 rings (SSSR count). The molecule has 1 aromatic heterocycles. The normalized spacial score (nSPS) is 16.3. The van der Waals surface area contributed by atoms with E-state index in [1.54, 1.807) is 5.32 Å². The number of thioether (sulfide) groups is 1. The van der Waals surface area contributed by atoms with Crippen LogP contribution in [0.5, 0.6) is 0 Å². The number of hydrogen-bond donors (Lipinski definition) is 3. The van der Waals surface area contributed by atoms with Crippen LogP contribution in [0.25, 0.3) is 0 Å². The van der Waals surface area contributed by atoms with Gasteiger partial charge in [0.05, 0.1) is 5.56 Å². The lowest BCUT2D eigenvalue weighted by Gasteiger charge is -2.16. The highest BCUT2D eigenvalue weighted by Gasteiger charge is 2.39. The summed E-state index contributed by atoms with van der Waals surface area (Å²) in [6, 6.07) is 8.69. The van der Waals surface area contributed by atoms with Crippen LogP contribution in [0, 0.1) is 0 Å². The van der Waals surface area contributed by atoms with Crippen LogP contribution in [-0.4, -0.2) is 35.6 Å². The summed E-state index contributed by atoms with van der Waals surface area (Å²) in [4.78, 5) is 37.1. The number of fused-ring (bicyclic) bond motifs is 1. The Kier molecular flexibility index (Phi) is 6.03. The molecule has 1 aliphatic rings. The molecular weight excluding hydrogens is 431 g/mol. The van der Waals surface area contributed by atoms with Crippen molar-refractivity contribution < 1.29 is 32.3 Å². The van der Waals surface area contributed by atoms with Gasteiger partial charge in [-0.05, 0) is 30.5 Å². The lowest BCUT2D eigenvalue weighted by molar-refractivity contribution is -0.197. The van der Waals surface area contributed by atoms with E-state index in [4.69, 9.17) is 0 Å². The fourth-order valence-electron chi connectivity index (χ4n) is 2.28. The maximum absolute atomic E-state index is 12.5. The number of carbonyl (C=O) groups is 3. The molecule has 1 aromatic carbocycles. The molecule has 154 valence electrons. The van der Waals surface area contributed by atoms with Gasteiger partial charge in [-0.25, -0.2) is 4.79 Å². The van der Waals surface area contributed by atoms with Crippen LogP contribution in [0.1, 0.15) is 17.3 Å². The second-order valence-electron chi connectivity index (χ2n) is 5.83. The quantitative estimate of drug-likeness (QED) is 0.657. The lowest BCUT2D eigenvalue weighted by atomic mass is 10.3. The second kappa shape index (κ2) is 8.33. The molecule has 0 saturated heterocycles. The number of imide groups is 1. The van der Waals surface area contributed by atoms with Crippen LogP contribution in [-0.2, 0) is 9.53 Å². The summed E-state index contributed by atoms with van der Waals surface area (Å²) in [5, 5.41) is 8.38. The molecular formula is C17H14F3N3O4S2. The highest BCUT2D eigenvalue weighted by Crippen LogP contribution is 2.38. The number of para-hydroxylation sites is 1. The minimum absolute atomic E-state index is 0.0690. The number of hydrogen-bond acceptors (Lipinski definition) is 7. The summed E-state index contributed by atoms with van der Waals surface area (Å²) >= 11 is 2.33. The third kappa shape index (κ3) is 5.01. The first kappa shape index (κ1) is 21.0. The number of alkyl halides is 3. The Balaban J connectivity index is 1.60. The Morgan fingerprint density at radius 1 is 1.21 bits per heavy atom. The molecule has 2 atom stereocenters. The third-order valence-corrected chi connectivity index (χ3v) is 5.77. The summed E-state index contributed by atoms with van der Waals surface area (Å²) in [6.07, 6.45) is -8.65. The lowest BCUT2D eigenvalue weighted by Crippen LogP contribution is -2.38. The number of ether oxygens (including phenoxy) is 1. The first-order chi connectivity index (χ1) is 13.6. The third-order valence-electron chi connectivity index (χ3n) is 3.76. The molecule has 0 radical (unpaired) electrons. The van der Waals surface area contributed by atoms with Crippen molar-refractivity contribution in [3.8, 4) is 0 Å². The summed E-state index contributed by atoms with van der Waals surface area (Å²) in [6.45, 7) is 0.643. The molecule has 2 heterocycles. The average Bonchev–Trinajstić information content (AvgIpc) is 3.27. The van der Waals surface area contributed by atoms with E-state index in [0.717, 1.165) is 21.9 Å². The summed E-state index contributed by atoms with van der Waals surface area (Å²) in [5.41, 5.74) is 0.740. The molecule has 0 bridgehead atoms. The van der Waals surface area contributed by atoms with Gasteiger partial charge in [0.15, 0.2) is 11.5 Å². The van der Waals surface area contributed by atoms with Crippen molar-refractivity contribution in [1.29, 1.82) is 0 Å². The van der Waals surface area contributed by atoms with E-state index in [2.05, 4.69) is 15.4 Å². The van der Waals surface area contributed by atoms with Gasteiger partial charge in [-0.1, -0.05) is 23.9 Å². The second-order valence-corrected chi connectivity index (χ2v) is 7.90. The van der Waals surface area contributed by atoms with E-state index in [9.17, 15) is 27.6 Å². The molecule has 0 aliphatic carbocycles. The minimum atomic E-state index is -4.74. The zero-order valence-electron chi connectivity index (χ0n) is 14.7. The van der Waals surface area contributed by atoms with Crippen LogP contribution in [0.15, 0.2) is 40.6 Å². The molecule has 0 saturated carbocycles. The van der Waals surface area contributed by atoms with Crippen LogP contribution in [0.4, 0.5) is 28.7 Å². The zero-order valence-corrected chi connectivity index (χ0v) is 16.3. The van der Waals surface area contributed by atoms with Crippen molar-refractivity contribution in [3.05, 3.63) is 41.3 Å². The molecule has 0 fully saturated rings. The van der Waals surface area contributed by atoms with E-state index in [1.807, 2.05) is 24.3 Å². The van der Waals surface area contributed by atoms with E-state index in [1.165, 1.54) is 23.2 Å². The zero-order chi connectivity index (χ0) is 21.2.